The van der Waals surface area contributed by atoms with Crippen LogP contribution in [0.1, 0.15) is 36.6 Å². The Hall–Kier alpha value is -2.57. The summed E-state index contributed by atoms with van der Waals surface area (Å²) < 4.78 is 39.2. The van der Waals surface area contributed by atoms with Crippen LogP contribution in [0.5, 0.6) is 0 Å². The largest absolute Gasteiger partial charge is 0.478 e. The molecule has 0 radical (unpaired) electrons. The number of aliphatic carboxylic acids is 1. The van der Waals surface area contributed by atoms with Gasteiger partial charge in [-0.3, -0.25) is 0 Å². The van der Waals surface area contributed by atoms with Gasteiger partial charge in [0, 0.05) is 17.8 Å². The molecule has 0 amide bonds. The summed E-state index contributed by atoms with van der Waals surface area (Å²) in [4.78, 5) is 10.6. The summed E-state index contributed by atoms with van der Waals surface area (Å²) in [6.45, 7) is 3.80. The zero-order chi connectivity index (χ0) is 17.2. The van der Waals surface area contributed by atoms with E-state index in [0.717, 1.165) is 18.2 Å². The smallest absolute Gasteiger partial charge is 0.416 e. The summed E-state index contributed by atoms with van der Waals surface area (Å²) in [6.07, 6.45) is -0.371. The van der Waals surface area contributed by atoms with Gasteiger partial charge in [-0.05, 0) is 36.3 Å². The number of carboxylic acid groups (broad SMARTS) is 1. The molecule has 0 aliphatic heterocycles. The first-order valence-electron chi connectivity index (χ1n) is 6.86. The molecule has 23 heavy (non-hydrogen) atoms. The maximum absolute atomic E-state index is 12.6. The average molecular weight is 324 g/mol. The standard InChI is InChI=1S/C16H15F3N2O2/c1-10(2)15-11(3-8-14(22)23)9-21(20-15)13-6-4-12(5-7-13)16(17,18)19/h3-10H,1-2H3,(H,22,23)/b8-3+. The van der Waals surface area contributed by atoms with Crippen LogP contribution in [0.25, 0.3) is 11.8 Å². The third kappa shape index (κ3) is 4.00. The number of rotatable bonds is 4. The van der Waals surface area contributed by atoms with Crippen molar-refractivity contribution in [2.24, 2.45) is 0 Å². The minimum absolute atomic E-state index is 0.0409. The molecular weight excluding hydrogens is 309 g/mol. The fourth-order valence-corrected chi connectivity index (χ4v) is 2.07. The van der Waals surface area contributed by atoms with E-state index in [9.17, 15) is 18.0 Å². The average Bonchev–Trinajstić information content (AvgIpc) is 2.88. The fourth-order valence-electron chi connectivity index (χ4n) is 2.07. The molecule has 0 bridgehead atoms. The van der Waals surface area contributed by atoms with Crippen molar-refractivity contribution < 1.29 is 23.1 Å². The number of halogens is 3. The van der Waals surface area contributed by atoms with Crippen LogP contribution in [0.3, 0.4) is 0 Å². The van der Waals surface area contributed by atoms with Crippen LogP contribution in [-0.2, 0) is 11.0 Å². The van der Waals surface area contributed by atoms with Gasteiger partial charge in [-0.25, -0.2) is 9.48 Å². The van der Waals surface area contributed by atoms with E-state index in [1.807, 2.05) is 13.8 Å². The summed E-state index contributed by atoms with van der Waals surface area (Å²) in [5.41, 5.74) is 1.02. The number of nitrogens with zero attached hydrogens (tertiary/aromatic N) is 2. The number of alkyl halides is 3. The highest BCUT2D eigenvalue weighted by atomic mass is 19.4. The van der Waals surface area contributed by atoms with Crippen LogP contribution in [0, 0.1) is 0 Å². The normalized spacial score (nSPS) is 12.3. The van der Waals surface area contributed by atoms with E-state index in [1.165, 1.54) is 22.9 Å². The Morgan fingerprint density at radius 2 is 1.87 bits per heavy atom. The van der Waals surface area contributed by atoms with Crippen LogP contribution < -0.4 is 0 Å². The van der Waals surface area contributed by atoms with Crippen molar-refractivity contribution in [3.8, 4) is 5.69 Å². The first-order chi connectivity index (χ1) is 10.7. The van der Waals surface area contributed by atoms with Gasteiger partial charge in [0.25, 0.3) is 0 Å². The zero-order valence-electron chi connectivity index (χ0n) is 12.5. The van der Waals surface area contributed by atoms with E-state index < -0.39 is 17.7 Å². The number of carbonyl (C=O) groups is 1. The third-order valence-electron chi connectivity index (χ3n) is 3.18. The Kier molecular flexibility index (Phi) is 4.58. The van der Waals surface area contributed by atoms with Gasteiger partial charge in [-0.15, -0.1) is 0 Å². The van der Waals surface area contributed by atoms with E-state index in [1.54, 1.807) is 6.20 Å². The van der Waals surface area contributed by atoms with Gasteiger partial charge in [-0.1, -0.05) is 13.8 Å². The van der Waals surface area contributed by atoms with Crippen LogP contribution in [0.4, 0.5) is 13.2 Å². The molecule has 0 saturated heterocycles. The van der Waals surface area contributed by atoms with Gasteiger partial charge in [0.05, 0.1) is 16.9 Å². The van der Waals surface area contributed by atoms with Gasteiger partial charge >= 0.3 is 12.1 Å². The molecule has 1 N–H and O–H groups in total. The first kappa shape index (κ1) is 16.8. The quantitative estimate of drug-likeness (QED) is 0.861. The Balaban J connectivity index is 2.40. The molecule has 0 atom stereocenters. The Morgan fingerprint density at radius 1 is 1.26 bits per heavy atom. The molecule has 1 heterocycles. The van der Waals surface area contributed by atoms with E-state index in [-0.39, 0.29) is 5.92 Å². The first-order valence-corrected chi connectivity index (χ1v) is 6.86. The van der Waals surface area contributed by atoms with Crippen molar-refractivity contribution in [2.45, 2.75) is 25.9 Å². The van der Waals surface area contributed by atoms with Crippen LogP contribution in [-0.4, -0.2) is 20.9 Å². The Morgan fingerprint density at radius 3 is 2.35 bits per heavy atom. The molecule has 2 aromatic rings. The SMILES string of the molecule is CC(C)c1nn(-c2ccc(C(F)(F)F)cc2)cc1/C=C/C(=O)O. The molecule has 0 unspecified atom stereocenters. The minimum atomic E-state index is -4.39. The number of hydrogen-bond acceptors (Lipinski definition) is 2. The van der Waals surface area contributed by atoms with Gasteiger partial charge in [0.15, 0.2) is 0 Å². The summed E-state index contributed by atoms with van der Waals surface area (Å²) in [5, 5.41) is 13.1. The van der Waals surface area contributed by atoms with Gasteiger partial charge in [-0.2, -0.15) is 18.3 Å². The predicted molar refractivity (Wildman–Crippen MR) is 79.3 cm³/mol. The fraction of sp³-hybridized carbons (Fsp3) is 0.250. The van der Waals surface area contributed by atoms with E-state index in [4.69, 9.17) is 5.11 Å². The molecule has 122 valence electrons. The lowest BCUT2D eigenvalue weighted by Crippen LogP contribution is -2.05. The molecule has 0 spiro atoms. The van der Waals surface area contributed by atoms with Crippen molar-refractivity contribution in [1.82, 2.24) is 9.78 Å². The van der Waals surface area contributed by atoms with Gasteiger partial charge in [0.1, 0.15) is 0 Å². The lowest BCUT2D eigenvalue weighted by molar-refractivity contribution is -0.137. The maximum atomic E-state index is 12.6. The Bertz CT molecular complexity index is 729. The molecular formula is C16H15F3N2O2. The number of hydrogen-bond donors (Lipinski definition) is 1. The summed E-state index contributed by atoms with van der Waals surface area (Å²) >= 11 is 0. The summed E-state index contributed by atoms with van der Waals surface area (Å²) in [6, 6.07) is 4.62. The molecule has 7 heteroatoms. The van der Waals surface area contributed by atoms with Gasteiger partial charge in [0.2, 0.25) is 0 Å². The van der Waals surface area contributed by atoms with Crippen molar-refractivity contribution in [2.75, 3.05) is 0 Å². The monoisotopic (exact) mass is 324 g/mol. The summed E-state index contributed by atoms with van der Waals surface area (Å²) in [7, 11) is 0. The molecule has 0 saturated carbocycles. The Labute approximate surface area is 130 Å². The molecule has 0 aliphatic rings. The number of carboxylic acids is 1. The lowest BCUT2D eigenvalue weighted by atomic mass is 10.1. The van der Waals surface area contributed by atoms with Crippen molar-refractivity contribution in [3.05, 3.63) is 53.4 Å². The molecule has 0 fully saturated rings. The maximum Gasteiger partial charge on any atom is 0.416 e. The van der Waals surface area contributed by atoms with Gasteiger partial charge < -0.3 is 5.11 Å². The second-order valence-corrected chi connectivity index (χ2v) is 5.29. The van der Waals surface area contributed by atoms with Crippen molar-refractivity contribution >= 4 is 12.0 Å². The summed E-state index contributed by atoms with van der Waals surface area (Å²) in [5.74, 6) is -1.04. The third-order valence-corrected chi connectivity index (χ3v) is 3.18. The topological polar surface area (TPSA) is 55.1 Å². The predicted octanol–water partition coefficient (Wildman–Crippen LogP) is 4.11. The van der Waals surface area contributed by atoms with Crippen LogP contribution in [0.15, 0.2) is 36.5 Å². The molecule has 0 aliphatic carbocycles. The molecule has 1 aromatic carbocycles. The molecule has 2 rings (SSSR count). The highest BCUT2D eigenvalue weighted by molar-refractivity contribution is 5.85. The van der Waals surface area contributed by atoms with E-state index >= 15 is 0 Å². The highest BCUT2D eigenvalue weighted by Gasteiger charge is 2.30. The second-order valence-electron chi connectivity index (χ2n) is 5.29. The van der Waals surface area contributed by atoms with Crippen LogP contribution in [0.2, 0.25) is 0 Å². The highest BCUT2D eigenvalue weighted by Crippen LogP contribution is 2.30. The van der Waals surface area contributed by atoms with E-state index in [0.29, 0.717) is 16.9 Å². The van der Waals surface area contributed by atoms with Crippen LogP contribution >= 0.6 is 0 Å². The lowest BCUT2D eigenvalue weighted by Gasteiger charge is -2.07. The second kappa shape index (κ2) is 6.28. The number of aromatic nitrogens is 2. The van der Waals surface area contributed by atoms with Crippen molar-refractivity contribution in [3.63, 3.8) is 0 Å². The molecule has 1 aromatic heterocycles. The van der Waals surface area contributed by atoms with E-state index in [2.05, 4.69) is 5.10 Å². The number of benzene rings is 1. The zero-order valence-corrected chi connectivity index (χ0v) is 12.5. The van der Waals surface area contributed by atoms with Crippen molar-refractivity contribution in [1.29, 1.82) is 0 Å². The minimum Gasteiger partial charge on any atom is -0.478 e. The molecule has 4 nitrogen and oxygen atoms in total.